The standard InChI is InChI=1S/C15H15F3N4O/c1-9(2)21-14(23)12-7-13(20-8-19-12)22-11-5-3-10(4-6-11)15(16,17)18/h3-9H,1-2H3,(H,21,23)(H,19,20,22). The average Bonchev–Trinajstić information content (AvgIpc) is 2.46. The Labute approximate surface area is 131 Å². The highest BCUT2D eigenvalue weighted by Crippen LogP contribution is 2.30. The first-order valence-electron chi connectivity index (χ1n) is 6.83. The molecule has 2 N–H and O–H groups in total. The molecule has 0 aliphatic rings. The Kier molecular flexibility index (Phi) is 4.83. The van der Waals surface area contributed by atoms with Crippen LogP contribution >= 0.6 is 0 Å². The smallest absolute Gasteiger partial charge is 0.349 e. The molecule has 0 aliphatic carbocycles. The topological polar surface area (TPSA) is 66.9 Å². The molecular weight excluding hydrogens is 309 g/mol. The van der Waals surface area contributed by atoms with E-state index in [4.69, 9.17) is 0 Å². The summed E-state index contributed by atoms with van der Waals surface area (Å²) in [5, 5.41) is 5.52. The second-order valence-corrected chi connectivity index (χ2v) is 5.12. The summed E-state index contributed by atoms with van der Waals surface area (Å²) in [5.41, 5.74) is -0.141. The van der Waals surface area contributed by atoms with E-state index in [2.05, 4.69) is 20.6 Å². The maximum Gasteiger partial charge on any atom is 0.416 e. The largest absolute Gasteiger partial charge is 0.416 e. The Morgan fingerprint density at radius 2 is 1.78 bits per heavy atom. The molecule has 2 aromatic rings. The minimum Gasteiger partial charge on any atom is -0.349 e. The first kappa shape index (κ1) is 16.7. The fourth-order valence-electron chi connectivity index (χ4n) is 1.78. The van der Waals surface area contributed by atoms with Crippen molar-refractivity contribution in [3.8, 4) is 0 Å². The van der Waals surface area contributed by atoms with Crippen LogP contribution in [0.15, 0.2) is 36.7 Å². The third-order valence-corrected chi connectivity index (χ3v) is 2.80. The van der Waals surface area contributed by atoms with Crippen LogP contribution in [0.5, 0.6) is 0 Å². The minimum absolute atomic E-state index is 0.0382. The minimum atomic E-state index is -4.38. The van der Waals surface area contributed by atoms with E-state index in [1.165, 1.54) is 24.5 Å². The zero-order chi connectivity index (χ0) is 17.0. The van der Waals surface area contributed by atoms with Crippen LogP contribution < -0.4 is 10.6 Å². The lowest BCUT2D eigenvalue weighted by atomic mass is 10.2. The molecule has 0 unspecified atom stereocenters. The van der Waals surface area contributed by atoms with Gasteiger partial charge in [0.1, 0.15) is 17.8 Å². The Morgan fingerprint density at radius 1 is 1.13 bits per heavy atom. The quantitative estimate of drug-likeness (QED) is 0.905. The average molecular weight is 324 g/mol. The third kappa shape index (κ3) is 4.67. The molecule has 0 bridgehead atoms. The zero-order valence-corrected chi connectivity index (χ0v) is 12.5. The van der Waals surface area contributed by atoms with Gasteiger partial charge >= 0.3 is 6.18 Å². The zero-order valence-electron chi connectivity index (χ0n) is 12.5. The van der Waals surface area contributed by atoms with Crippen molar-refractivity contribution in [2.45, 2.75) is 26.1 Å². The number of rotatable bonds is 4. The van der Waals surface area contributed by atoms with Gasteiger partial charge in [0, 0.05) is 17.8 Å². The predicted octanol–water partition coefficient (Wildman–Crippen LogP) is 3.38. The molecule has 5 nitrogen and oxygen atoms in total. The van der Waals surface area contributed by atoms with E-state index in [1.807, 2.05) is 13.8 Å². The summed E-state index contributed by atoms with van der Waals surface area (Å²) in [7, 11) is 0. The lowest BCUT2D eigenvalue weighted by Gasteiger charge is -2.10. The molecule has 0 saturated carbocycles. The SMILES string of the molecule is CC(C)NC(=O)c1cc(Nc2ccc(C(F)(F)F)cc2)ncn1. The van der Waals surface area contributed by atoms with Crippen LogP contribution in [0.2, 0.25) is 0 Å². The highest BCUT2D eigenvalue weighted by molar-refractivity contribution is 5.93. The molecule has 0 aliphatic heterocycles. The maximum atomic E-state index is 12.5. The van der Waals surface area contributed by atoms with Crippen molar-refractivity contribution in [3.05, 3.63) is 47.9 Å². The first-order chi connectivity index (χ1) is 10.8. The van der Waals surface area contributed by atoms with Gasteiger partial charge in [-0.3, -0.25) is 4.79 Å². The summed E-state index contributed by atoms with van der Waals surface area (Å²) in [6.07, 6.45) is -3.17. The third-order valence-electron chi connectivity index (χ3n) is 2.80. The molecule has 0 radical (unpaired) electrons. The van der Waals surface area contributed by atoms with Crippen molar-refractivity contribution >= 4 is 17.4 Å². The number of hydrogen-bond donors (Lipinski definition) is 2. The predicted molar refractivity (Wildman–Crippen MR) is 79.4 cm³/mol. The van der Waals surface area contributed by atoms with Crippen molar-refractivity contribution < 1.29 is 18.0 Å². The van der Waals surface area contributed by atoms with Gasteiger partial charge < -0.3 is 10.6 Å². The Balaban J connectivity index is 2.13. The summed E-state index contributed by atoms with van der Waals surface area (Å²) in [6, 6.07) is 5.91. The van der Waals surface area contributed by atoms with E-state index in [0.29, 0.717) is 11.5 Å². The van der Waals surface area contributed by atoms with Crippen LogP contribution in [0.1, 0.15) is 29.9 Å². The van der Waals surface area contributed by atoms with Gasteiger partial charge in [-0.05, 0) is 38.1 Å². The number of carbonyl (C=O) groups excluding carboxylic acids is 1. The molecule has 1 amide bonds. The number of hydrogen-bond acceptors (Lipinski definition) is 4. The Hall–Kier alpha value is -2.64. The van der Waals surface area contributed by atoms with Gasteiger partial charge in [0.25, 0.3) is 5.91 Å². The van der Waals surface area contributed by atoms with Gasteiger partial charge in [-0.1, -0.05) is 0 Å². The van der Waals surface area contributed by atoms with Crippen molar-refractivity contribution in [1.82, 2.24) is 15.3 Å². The number of aromatic nitrogens is 2. The first-order valence-corrected chi connectivity index (χ1v) is 6.83. The number of anilines is 2. The fraction of sp³-hybridized carbons (Fsp3) is 0.267. The van der Waals surface area contributed by atoms with Gasteiger partial charge in [-0.2, -0.15) is 13.2 Å². The molecule has 1 aromatic heterocycles. The van der Waals surface area contributed by atoms with E-state index in [9.17, 15) is 18.0 Å². The van der Waals surface area contributed by atoms with Gasteiger partial charge in [0.15, 0.2) is 0 Å². The summed E-state index contributed by atoms with van der Waals surface area (Å²) in [5.74, 6) is -0.0356. The Morgan fingerprint density at radius 3 is 2.35 bits per heavy atom. The second kappa shape index (κ2) is 6.64. The molecule has 0 spiro atoms. The molecule has 8 heteroatoms. The normalized spacial score (nSPS) is 11.4. The Bertz CT molecular complexity index is 684. The fourth-order valence-corrected chi connectivity index (χ4v) is 1.78. The number of nitrogens with zero attached hydrogens (tertiary/aromatic N) is 2. The number of amides is 1. The van der Waals surface area contributed by atoms with Gasteiger partial charge in [0.2, 0.25) is 0 Å². The van der Waals surface area contributed by atoms with Gasteiger partial charge in [-0.15, -0.1) is 0 Å². The summed E-state index contributed by atoms with van der Waals surface area (Å²) >= 11 is 0. The maximum absolute atomic E-state index is 12.5. The molecular formula is C15H15F3N4O. The van der Waals surface area contributed by atoms with Gasteiger partial charge in [-0.25, -0.2) is 9.97 Å². The summed E-state index contributed by atoms with van der Waals surface area (Å²) < 4.78 is 37.5. The summed E-state index contributed by atoms with van der Waals surface area (Å²) in [4.78, 5) is 19.7. The molecule has 0 fully saturated rings. The van der Waals surface area contributed by atoms with Crippen LogP contribution in [0.25, 0.3) is 0 Å². The number of benzene rings is 1. The van der Waals surface area contributed by atoms with E-state index in [0.717, 1.165) is 12.1 Å². The molecule has 1 heterocycles. The van der Waals surface area contributed by atoms with Crippen molar-refractivity contribution in [2.24, 2.45) is 0 Å². The monoisotopic (exact) mass is 324 g/mol. The number of halogens is 3. The lowest BCUT2D eigenvalue weighted by molar-refractivity contribution is -0.137. The van der Waals surface area contributed by atoms with Crippen molar-refractivity contribution in [3.63, 3.8) is 0 Å². The van der Waals surface area contributed by atoms with Crippen LogP contribution in [-0.4, -0.2) is 21.9 Å². The second-order valence-electron chi connectivity index (χ2n) is 5.12. The van der Waals surface area contributed by atoms with E-state index < -0.39 is 11.7 Å². The van der Waals surface area contributed by atoms with Crippen LogP contribution in [0.4, 0.5) is 24.7 Å². The van der Waals surface area contributed by atoms with Crippen LogP contribution in [-0.2, 0) is 6.18 Å². The van der Waals surface area contributed by atoms with E-state index >= 15 is 0 Å². The number of carbonyl (C=O) groups is 1. The van der Waals surface area contributed by atoms with E-state index in [1.54, 1.807) is 0 Å². The molecule has 122 valence electrons. The summed E-state index contributed by atoms with van der Waals surface area (Å²) in [6.45, 7) is 3.64. The molecule has 0 atom stereocenters. The highest BCUT2D eigenvalue weighted by Gasteiger charge is 2.29. The molecule has 1 aromatic carbocycles. The number of alkyl halides is 3. The molecule has 23 heavy (non-hydrogen) atoms. The van der Waals surface area contributed by atoms with Crippen LogP contribution in [0.3, 0.4) is 0 Å². The van der Waals surface area contributed by atoms with Crippen molar-refractivity contribution in [2.75, 3.05) is 5.32 Å². The lowest BCUT2D eigenvalue weighted by Crippen LogP contribution is -2.30. The number of nitrogens with one attached hydrogen (secondary N) is 2. The highest BCUT2D eigenvalue weighted by atomic mass is 19.4. The molecule has 0 saturated heterocycles. The van der Waals surface area contributed by atoms with Crippen molar-refractivity contribution in [1.29, 1.82) is 0 Å². The van der Waals surface area contributed by atoms with Crippen LogP contribution in [0, 0.1) is 0 Å². The van der Waals surface area contributed by atoms with E-state index in [-0.39, 0.29) is 17.6 Å². The van der Waals surface area contributed by atoms with Gasteiger partial charge in [0.05, 0.1) is 5.56 Å². The molecule has 2 rings (SSSR count).